The van der Waals surface area contributed by atoms with Crippen LogP contribution in [0.2, 0.25) is 0 Å². The van der Waals surface area contributed by atoms with E-state index >= 15 is 0 Å². The normalized spacial score (nSPS) is 42.1. The van der Waals surface area contributed by atoms with E-state index in [1.165, 1.54) is 61.5 Å². The Kier molecular flexibility index (Phi) is 23.6. The molecule has 18 aliphatic rings. The van der Waals surface area contributed by atoms with Crippen LogP contribution in [0.5, 0.6) is 0 Å². The minimum absolute atomic E-state index is 0.0208. The van der Waals surface area contributed by atoms with E-state index < -0.39 is 147 Å². The number of fused-ring (bicyclic) bond motifs is 20. The molecule has 0 heterocycles. The van der Waals surface area contributed by atoms with E-state index in [0.29, 0.717) is 86.9 Å². The molecule has 18 rings (SSSR count). The first kappa shape index (κ1) is 93.6. The number of aliphatic hydroxyl groups excluding tert-OH is 2. The highest BCUT2D eigenvalue weighted by Crippen LogP contribution is 2.77. The third-order valence-electron chi connectivity index (χ3n) is 38.1. The molecule has 0 amide bonds. The van der Waals surface area contributed by atoms with Gasteiger partial charge in [-0.25, -0.2) is 0 Å². The van der Waals surface area contributed by atoms with E-state index in [1.54, 1.807) is 38.2 Å². The van der Waals surface area contributed by atoms with Crippen LogP contribution < -0.4 is 0 Å². The lowest BCUT2D eigenvalue weighted by atomic mass is 9.48. The maximum Gasteiger partial charge on any atom is 0.453 e. The Morgan fingerprint density at radius 1 is 0.429 bits per heavy atom. The van der Waals surface area contributed by atoms with Gasteiger partial charge in [-0.15, -0.1) is 0 Å². The number of rotatable bonds is 14. The number of hydrogen-bond donors (Lipinski definition) is 3. The molecule has 0 aromatic carbocycles. The number of aliphatic hydroxyl groups is 3. The number of alkyl halides is 10. The molecule has 0 aromatic rings. The van der Waals surface area contributed by atoms with Crippen LogP contribution in [0, 0.1) is 143 Å². The van der Waals surface area contributed by atoms with Crippen LogP contribution in [0.25, 0.3) is 0 Å². The van der Waals surface area contributed by atoms with Crippen LogP contribution in [0.1, 0.15) is 244 Å². The van der Waals surface area contributed by atoms with Gasteiger partial charge in [0.05, 0.1) is 0 Å². The minimum Gasteiger partial charge on any atom is -0.458 e. The summed E-state index contributed by atoms with van der Waals surface area (Å²) in [4.78, 5) is 123. The zero-order valence-corrected chi connectivity index (χ0v) is 74.6. The summed E-state index contributed by atoms with van der Waals surface area (Å²) >= 11 is 0. The van der Waals surface area contributed by atoms with E-state index in [9.17, 15) is 107 Å². The summed E-state index contributed by atoms with van der Waals surface area (Å²) in [5, 5.41) is 31.1. The fraction of sp³-hybridized carbons (Fsp3) is 0.703. The lowest BCUT2D eigenvalue weighted by Crippen LogP contribution is -2.58. The molecule has 24 atom stereocenters. The largest absolute Gasteiger partial charge is 0.458 e. The number of carbonyl (C=O) groups is 10. The molecule has 25 heteroatoms. The molecule has 688 valence electrons. The van der Waals surface area contributed by atoms with Crippen LogP contribution >= 0.6 is 0 Å². The van der Waals surface area contributed by atoms with Crippen molar-refractivity contribution >= 4 is 58.2 Å². The molecule has 10 fully saturated rings. The van der Waals surface area contributed by atoms with E-state index in [4.69, 9.17) is 9.47 Å². The quantitative estimate of drug-likeness (QED) is 0.0831. The number of Topliss-reactive ketones (excluding diaryl/α,β-unsaturated/α-hetero) is 4. The number of ether oxygens (including phenoxy) is 2. The van der Waals surface area contributed by atoms with Crippen LogP contribution in [0.3, 0.4) is 0 Å². The van der Waals surface area contributed by atoms with Crippen LogP contribution in [0.15, 0.2) is 117 Å². The lowest BCUT2D eigenvalue weighted by Gasteiger charge is -2.55. The summed E-state index contributed by atoms with van der Waals surface area (Å²) in [7, 11) is 0. The Labute approximate surface area is 731 Å². The van der Waals surface area contributed by atoms with Gasteiger partial charge in [-0.1, -0.05) is 156 Å². The molecule has 0 aromatic heterocycles. The van der Waals surface area contributed by atoms with E-state index in [0.717, 1.165) is 93.4 Å². The summed E-state index contributed by atoms with van der Waals surface area (Å²) in [6, 6.07) is 0. The molecule has 0 saturated heterocycles. The number of halogens is 10. The van der Waals surface area contributed by atoms with Gasteiger partial charge in [0.1, 0.15) is 25.4 Å². The SMILES string of the molecule is CC(=O)OCC(=O)[C@@]1(C)[C@H](C2CCC2)CC2C3CCC4=CC(=O)C=C[C@]4(C)C3=CC[C@@]21C.CC(=O)OCC(=O)[C@H]1[C@H](C(F)(F)C(F)(F)F)CC2C3CCC4=CC(=O)C=C[C@]4(C)C3=CC[C@@]21C.C[C@]12CCC(=O)C=C1CCC1C2=CC[C@@]2(C)C1C[C@@H](C(F)(F)C(F)(F)F)[C@]2(C)C(=O)CO.C[C@]12CCC(=O)C=C1CCC1C2=CC[C@@]2(C)C1C[C@@H](C1CC1)[C@]2(O)C(=O)CO. The molecule has 0 aliphatic heterocycles. The van der Waals surface area contributed by atoms with Gasteiger partial charge < -0.3 is 24.8 Å². The minimum atomic E-state index is -5.81. The zero-order valence-electron chi connectivity index (χ0n) is 74.6. The van der Waals surface area contributed by atoms with Crippen molar-refractivity contribution in [3.63, 3.8) is 0 Å². The monoisotopic (exact) mass is 1770 g/mol. The number of carbonyl (C=O) groups excluding carboxylic acids is 10. The van der Waals surface area contributed by atoms with E-state index in [2.05, 4.69) is 52.8 Å². The maximum atomic E-state index is 14.8. The molecule has 0 bridgehead atoms. The van der Waals surface area contributed by atoms with Gasteiger partial charge in [0.2, 0.25) is 0 Å². The smallest absolute Gasteiger partial charge is 0.453 e. The van der Waals surface area contributed by atoms with Crippen LogP contribution in [0.4, 0.5) is 43.9 Å². The Morgan fingerprint density at radius 3 is 1.30 bits per heavy atom. The average molecular weight is 1770 g/mol. The summed E-state index contributed by atoms with van der Waals surface area (Å²) in [6.07, 6.45) is 28.4. The van der Waals surface area contributed by atoms with Crippen LogP contribution in [-0.4, -0.2) is 130 Å². The molecule has 126 heavy (non-hydrogen) atoms. The first-order chi connectivity index (χ1) is 58.6. The molecule has 15 nitrogen and oxygen atoms in total. The Bertz CT molecular complexity index is 4920. The highest BCUT2D eigenvalue weighted by atomic mass is 19.4. The van der Waals surface area contributed by atoms with Gasteiger partial charge in [-0.2, -0.15) is 43.9 Å². The summed E-state index contributed by atoms with van der Waals surface area (Å²) < 4.78 is 150. The Hall–Kier alpha value is -7.12. The number of esters is 2. The molecule has 3 N–H and O–H groups in total. The van der Waals surface area contributed by atoms with Crippen molar-refractivity contribution in [1.82, 2.24) is 0 Å². The van der Waals surface area contributed by atoms with Crippen molar-refractivity contribution in [2.75, 3.05) is 26.4 Å². The first-order valence-corrected chi connectivity index (χ1v) is 46.0. The predicted molar refractivity (Wildman–Crippen MR) is 446 cm³/mol. The van der Waals surface area contributed by atoms with Gasteiger partial charge >= 0.3 is 36.1 Å². The topological polar surface area (TPSA) is 250 Å². The molecule has 18 aliphatic carbocycles. The zero-order chi connectivity index (χ0) is 92.0. The van der Waals surface area contributed by atoms with Crippen molar-refractivity contribution in [1.29, 1.82) is 0 Å². The second kappa shape index (κ2) is 31.8. The molecule has 10 saturated carbocycles. The van der Waals surface area contributed by atoms with Gasteiger partial charge in [-0.3, -0.25) is 47.9 Å². The third-order valence-corrected chi connectivity index (χ3v) is 38.1. The highest BCUT2D eigenvalue weighted by molar-refractivity contribution is 6.02. The van der Waals surface area contributed by atoms with E-state index in [1.807, 2.05) is 38.2 Å². The van der Waals surface area contributed by atoms with Gasteiger partial charge in [0.15, 0.2) is 52.9 Å². The molecular weight excluding hydrogens is 1640 g/mol. The van der Waals surface area contributed by atoms with Gasteiger partial charge in [-0.05, 0) is 266 Å². The standard InChI is InChI=1S/C28H36O4.C25H27F5O4.C24H29F5O3.C24H32O4/c1-17(29)32-16-25(31)28(4)23(18-6-5-7-18)15-24-21-9-8-19-14-20(30)10-12-26(19,2)22(21)11-13-27(24,28)3;1-13(31)34-12-20(33)21-19(24(26,27)25(28,29)30)11-18-16-5-4-14-10-15(32)6-8-22(14,2)17(16)7-9-23(18,21)3;1-20-8-6-14(31)10-13(20)4-5-15-16(20)7-9-21(2)17(15)11-18(22(21,3)19(32)12-30)23(25,26)24(27,28)29;1-22-9-7-16(26)11-15(22)5-6-17-18(22)8-10-23(2)20(17)12-19(14-3-4-14)24(23,28)21(27)13-25/h10-12,14,18,21,23-24H,5-9,13,15-16H2,1-4H3;6-8,10,16,18-19,21H,4-5,9,11-12H2,1-3H3;7,10,15,17-18,30H,4-6,8-9,11-12H2,1-3H3;8,11,14,17,19-20,25,28H,3-7,9-10,12-13H2,1-2H3/t21?,23-,24?,26-,27-,28+;16?,18?,19-,21-,22+,23+;15?,17?,18-,20+,21+,22-;17?,19-,20?,22-,23-,24-/m0110/s1. The molecule has 8 unspecified atom stereocenters. The first-order valence-electron chi connectivity index (χ1n) is 46.0. The fourth-order valence-electron chi connectivity index (χ4n) is 30.3. The van der Waals surface area contributed by atoms with Crippen molar-refractivity contribution in [2.45, 2.75) is 273 Å². The summed E-state index contributed by atoms with van der Waals surface area (Å²) in [5.41, 5.74) is 1.27. The molecular formula is C101H124F10O15. The summed E-state index contributed by atoms with van der Waals surface area (Å²) in [6.45, 7) is 19.4. The Morgan fingerprint density at radius 2 is 0.841 bits per heavy atom. The maximum absolute atomic E-state index is 14.8. The second-order valence-electron chi connectivity index (χ2n) is 43.2. The molecule has 0 radical (unpaired) electrons. The van der Waals surface area contributed by atoms with E-state index in [-0.39, 0.29) is 100 Å². The lowest BCUT2D eigenvalue weighted by molar-refractivity contribution is -0.312. The molecule has 0 spiro atoms. The van der Waals surface area contributed by atoms with Crippen molar-refractivity contribution in [2.24, 2.45) is 143 Å². The number of hydrogen-bond acceptors (Lipinski definition) is 15. The van der Waals surface area contributed by atoms with Gasteiger partial charge in [0.25, 0.3) is 0 Å². The van der Waals surface area contributed by atoms with Gasteiger partial charge in [0, 0.05) is 82.3 Å². The van der Waals surface area contributed by atoms with Crippen molar-refractivity contribution in [3.05, 3.63) is 117 Å². The fourth-order valence-corrected chi connectivity index (χ4v) is 30.3. The Balaban J connectivity index is 0.000000130. The number of ketones is 8. The van der Waals surface area contributed by atoms with Crippen molar-refractivity contribution in [3.8, 4) is 0 Å². The average Bonchev–Trinajstić information content (AvgIpc) is 1.53. The predicted octanol–water partition coefficient (Wildman–Crippen LogP) is 19.6. The van der Waals surface area contributed by atoms with Crippen molar-refractivity contribution < 1.29 is 117 Å². The van der Waals surface area contributed by atoms with Crippen LogP contribution in [-0.2, 0) is 57.4 Å². The summed E-state index contributed by atoms with van der Waals surface area (Å²) in [5.74, 6) is -18.0. The highest BCUT2D eigenvalue weighted by Gasteiger charge is 2.78. The third kappa shape index (κ3) is 14.0. The second-order valence-corrected chi connectivity index (χ2v) is 43.2. The number of allylic oxidation sites excluding steroid dienone is 20.